The quantitative estimate of drug-likeness (QED) is 0.222. The lowest BCUT2D eigenvalue weighted by Crippen LogP contribution is -2.45. The zero-order chi connectivity index (χ0) is 34.4. The molecule has 1 N–H and O–H groups in total. The second kappa shape index (κ2) is 13.1. The Morgan fingerprint density at radius 3 is 2.44 bits per heavy atom. The molecule has 2 atom stereocenters. The summed E-state index contributed by atoms with van der Waals surface area (Å²) in [5, 5.41) is 10.5. The number of aromatic nitrogens is 2. The second-order valence-corrected chi connectivity index (χ2v) is 14.8. The third-order valence-corrected chi connectivity index (χ3v) is 9.61. The van der Waals surface area contributed by atoms with E-state index >= 15 is 0 Å². The number of nitrogens with zero attached hydrogens (tertiary/aromatic N) is 3. The topological polar surface area (TPSA) is 85.5 Å². The number of hydrogen-bond acceptors (Lipinski definition) is 6. The Morgan fingerprint density at radius 1 is 1.02 bits per heavy atom. The Morgan fingerprint density at radius 2 is 1.73 bits per heavy atom. The highest BCUT2D eigenvalue weighted by Crippen LogP contribution is 2.40. The Balaban J connectivity index is 1.55. The van der Waals surface area contributed by atoms with Gasteiger partial charge in [0.2, 0.25) is 0 Å². The molecule has 2 aromatic carbocycles. The summed E-state index contributed by atoms with van der Waals surface area (Å²) >= 11 is 0. The summed E-state index contributed by atoms with van der Waals surface area (Å²) in [5.41, 5.74) is 7.53. The van der Waals surface area contributed by atoms with Crippen molar-refractivity contribution in [3.63, 3.8) is 0 Å². The summed E-state index contributed by atoms with van der Waals surface area (Å²) in [6.45, 7) is 18.1. The maximum Gasteiger partial charge on any atom is 0.337 e. The van der Waals surface area contributed by atoms with Crippen molar-refractivity contribution < 1.29 is 24.1 Å². The average Bonchev–Trinajstić information content (AvgIpc) is 3.44. The van der Waals surface area contributed by atoms with Crippen LogP contribution in [-0.4, -0.2) is 57.5 Å². The molecule has 5 heterocycles. The van der Waals surface area contributed by atoms with E-state index in [2.05, 4.69) is 85.5 Å². The summed E-state index contributed by atoms with van der Waals surface area (Å²) in [5.74, 6) is 0.656. The van der Waals surface area contributed by atoms with E-state index in [1.165, 1.54) is 11.1 Å². The van der Waals surface area contributed by atoms with Crippen molar-refractivity contribution in [2.24, 2.45) is 0 Å². The van der Waals surface area contributed by atoms with Gasteiger partial charge in [0.15, 0.2) is 6.10 Å². The Hall–Kier alpha value is -4.14. The number of imidazole rings is 1. The normalized spacial score (nSPS) is 21.5. The fourth-order valence-electron chi connectivity index (χ4n) is 6.78. The first-order valence-electron chi connectivity index (χ1n) is 17.1. The first-order valence-corrected chi connectivity index (χ1v) is 17.1. The summed E-state index contributed by atoms with van der Waals surface area (Å²) in [6, 6.07) is 14.7. The van der Waals surface area contributed by atoms with Gasteiger partial charge in [-0.25, -0.2) is 9.78 Å². The zero-order valence-electron chi connectivity index (χ0n) is 29.6. The molecule has 0 aliphatic carbocycles. The number of piperidine rings is 1. The summed E-state index contributed by atoms with van der Waals surface area (Å²) in [7, 11) is 0. The van der Waals surface area contributed by atoms with Gasteiger partial charge >= 0.3 is 5.97 Å². The Bertz CT molecular complexity index is 1860. The van der Waals surface area contributed by atoms with Crippen LogP contribution in [0.15, 0.2) is 60.8 Å². The molecule has 8 nitrogen and oxygen atoms in total. The SMILES string of the molecule is Cc1cc2c(cc1C)-c1cccc(c1)-c1cn3c(c([C@H](OC(C)(C)C)C(=O)O)c(C)cc3n1)N1CCC(C)(CC1)OC/C=C/C[C@H](C)O2. The monoisotopic (exact) mass is 651 g/mol. The van der Waals surface area contributed by atoms with E-state index in [9.17, 15) is 9.90 Å². The number of anilines is 1. The van der Waals surface area contributed by atoms with Crippen LogP contribution >= 0.6 is 0 Å². The summed E-state index contributed by atoms with van der Waals surface area (Å²) < 4.78 is 21.4. The van der Waals surface area contributed by atoms with Crippen LogP contribution in [0.25, 0.3) is 28.0 Å². The third kappa shape index (κ3) is 7.01. The van der Waals surface area contributed by atoms with Gasteiger partial charge in [0.05, 0.1) is 29.6 Å². The molecule has 254 valence electrons. The van der Waals surface area contributed by atoms with Crippen LogP contribution in [0, 0.1) is 20.8 Å². The highest BCUT2D eigenvalue weighted by atomic mass is 16.5. The number of ether oxygens (including phenoxy) is 3. The number of carbonyl (C=O) groups is 1. The third-order valence-electron chi connectivity index (χ3n) is 9.61. The van der Waals surface area contributed by atoms with Gasteiger partial charge in [-0.1, -0.05) is 30.4 Å². The largest absolute Gasteiger partial charge is 0.490 e. The first kappa shape index (κ1) is 33.7. The van der Waals surface area contributed by atoms with E-state index in [1.54, 1.807) is 0 Å². The minimum absolute atomic E-state index is 0.0131. The van der Waals surface area contributed by atoms with E-state index < -0.39 is 17.7 Å². The predicted octanol–water partition coefficient (Wildman–Crippen LogP) is 8.64. The lowest BCUT2D eigenvalue weighted by atomic mass is 9.92. The van der Waals surface area contributed by atoms with Gasteiger partial charge in [0.25, 0.3) is 0 Å². The van der Waals surface area contributed by atoms with Gasteiger partial charge in [-0.05, 0) is 115 Å². The van der Waals surface area contributed by atoms with Crippen LogP contribution in [0.3, 0.4) is 0 Å². The van der Waals surface area contributed by atoms with Gasteiger partial charge in [-0.3, -0.25) is 4.40 Å². The number of rotatable bonds is 3. The molecule has 0 saturated carbocycles. The van der Waals surface area contributed by atoms with Gasteiger partial charge in [-0.2, -0.15) is 0 Å². The maximum atomic E-state index is 12.9. The molecule has 8 heteroatoms. The van der Waals surface area contributed by atoms with Crippen LogP contribution < -0.4 is 9.64 Å². The van der Waals surface area contributed by atoms with Gasteiger partial charge in [-0.15, -0.1) is 0 Å². The van der Waals surface area contributed by atoms with Gasteiger partial charge in [0, 0.05) is 42.4 Å². The van der Waals surface area contributed by atoms with Crippen molar-refractivity contribution in [3.05, 3.63) is 83.1 Å². The van der Waals surface area contributed by atoms with Gasteiger partial charge in [0.1, 0.15) is 17.2 Å². The Labute approximate surface area is 284 Å². The van der Waals surface area contributed by atoms with Crippen molar-refractivity contribution in [2.75, 3.05) is 24.6 Å². The molecule has 0 radical (unpaired) electrons. The molecule has 3 aliphatic heterocycles. The number of carboxylic acid groups (broad SMARTS) is 1. The number of fused-ring (bicyclic) bond motifs is 7. The molecule has 0 unspecified atom stereocenters. The zero-order valence-corrected chi connectivity index (χ0v) is 29.6. The van der Waals surface area contributed by atoms with Crippen molar-refractivity contribution in [3.8, 4) is 28.1 Å². The van der Waals surface area contributed by atoms with Crippen molar-refractivity contribution in [1.82, 2.24) is 9.38 Å². The molecule has 1 fully saturated rings. The highest BCUT2D eigenvalue weighted by molar-refractivity contribution is 5.81. The number of carboxylic acids is 1. The smallest absolute Gasteiger partial charge is 0.337 e. The van der Waals surface area contributed by atoms with E-state index in [0.717, 1.165) is 64.4 Å². The molecular weight excluding hydrogens is 602 g/mol. The second-order valence-electron chi connectivity index (χ2n) is 14.8. The van der Waals surface area contributed by atoms with Crippen LogP contribution in [0.2, 0.25) is 0 Å². The number of benzene rings is 2. The summed E-state index contributed by atoms with van der Waals surface area (Å²) in [6.07, 6.45) is 7.48. The first-order chi connectivity index (χ1) is 22.7. The van der Waals surface area contributed by atoms with E-state index in [0.29, 0.717) is 25.3 Å². The fourth-order valence-corrected chi connectivity index (χ4v) is 6.78. The molecule has 0 spiro atoms. The molecule has 2 aromatic heterocycles. The van der Waals surface area contributed by atoms with Crippen LogP contribution in [0.4, 0.5) is 5.82 Å². The van der Waals surface area contributed by atoms with Crippen molar-refractivity contribution in [1.29, 1.82) is 0 Å². The number of pyridine rings is 1. The van der Waals surface area contributed by atoms with E-state index in [-0.39, 0.29) is 11.7 Å². The number of aryl methyl sites for hydroxylation is 3. The fraction of sp³-hybridized carbons (Fsp3) is 0.450. The minimum atomic E-state index is -1.15. The van der Waals surface area contributed by atoms with Crippen LogP contribution in [0.1, 0.15) is 82.2 Å². The van der Waals surface area contributed by atoms with Crippen molar-refractivity contribution in [2.45, 2.75) is 98.1 Å². The van der Waals surface area contributed by atoms with Gasteiger partial charge < -0.3 is 24.2 Å². The predicted molar refractivity (Wildman–Crippen MR) is 191 cm³/mol. The molecule has 7 rings (SSSR count). The molecule has 6 bridgehead atoms. The lowest BCUT2D eigenvalue weighted by molar-refractivity contribution is -0.160. The standard InChI is InChI=1S/C40H49N3O5/c1-25-20-31-29-13-11-14-30(23-29)32-24-43-34(41-32)22-27(3)35(36(38(44)45)48-39(5,6)7)37(43)42-17-15-40(8,16-18-42)46-19-10-9-12-28(4)47-33(31)21-26(25)2/h9-11,13-14,20-24,28,36H,12,15-19H2,1-8H3,(H,44,45)/b10-9+/t28-,36-/m0/s1. The number of aliphatic carboxylic acids is 1. The van der Waals surface area contributed by atoms with Crippen LogP contribution in [0.5, 0.6) is 5.75 Å². The molecule has 48 heavy (non-hydrogen) atoms. The minimum Gasteiger partial charge on any atom is -0.490 e. The molecular formula is C40H49N3O5. The summed E-state index contributed by atoms with van der Waals surface area (Å²) in [4.78, 5) is 20.3. The average molecular weight is 652 g/mol. The number of hydrogen-bond donors (Lipinski definition) is 1. The van der Waals surface area contributed by atoms with E-state index in [4.69, 9.17) is 19.2 Å². The maximum absolute atomic E-state index is 12.9. The molecule has 3 aliphatic rings. The van der Waals surface area contributed by atoms with Crippen LogP contribution in [-0.2, 0) is 14.3 Å². The van der Waals surface area contributed by atoms with Crippen molar-refractivity contribution >= 4 is 17.4 Å². The molecule has 1 saturated heterocycles. The molecule has 0 amide bonds. The molecule has 4 aromatic rings. The lowest BCUT2D eigenvalue weighted by Gasteiger charge is -2.41. The highest BCUT2D eigenvalue weighted by Gasteiger charge is 2.37. The van der Waals surface area contributed by atoms with E-state index in [1.807, 2.05) is 40.0 Å². The Kier molecular flexibility index (Phi) is 9.18.